The molecule has 2 amide bonds. The normalized spacial score (nSPS) is 11.7. The summed E-state index contributed by atoms with van der Waals surface area (Å²) in [6.45, 7) is 4.13. The van der Waals surface area contributed by atoms with Crippen molar-refractivity contribution in [2.45, 2.75) is 45.7 Å². The van der Waals surface area contributed by atoms with Gasteiger partial charge in [-0.05, 0) is 30.0 Å². The Morgan fingerprint density at radius 2 is 1.68 bits per heavy atom. The van der Waals surface area contributed by atoms with Crippen LogP contribution in [0.25, 0.3) is 0 Å². The molecule has 1 atom stereocenters. The van der Waals surface area contributed by atoms with Crippen molar-refractivity contribution < 1.29 is 23.5 Å². The lowest BCUT2D eigenvalue weighted by molar-refractivity contribution is -0.145. The molecule has 138 valence electrons. The van der Waals surface area contributed by atoms with Crippen molar-refractivity contribution in [1.29, 1.82) is 0 Å². The molecule has 1 aromatic rings. The lowest BCUT2D eigenvalue weighted by atomic mass is 10.0. The van der Waals surface area contributed by atoms with E-state index < -0.39 is 12.0 Å². The molecule has 0 fully saturated rings. The van der Waals surface area contributed by atoms with Crippen molar-refractivity contribution in [2.75, 3.05) is 7.11 Å². The van der Waals surface area contributed by atoms with Gasteiger partial charge >= 0.3 is 5.97 Å². The van der Waals surface area contributed by atoms with Crippen LogP contribution in [0.1, 0.15) is 38.7 Å². The highest BCUT2D eigenvalue weighted by atomic mass is 19.1. The Labute approximate surface area is 147 Å². The summed E-state index contributed by atoms with van der Waals surface area (Å²) in [6.07, 6.45) is 0.443. The molecular formula is C18H25FN2O4. The van der Waals surface area contributed by atoms with E-state index >= 15 is 0 Å². The van der Waals surface area contributed by atoms with E-state index in [1.807, 2.05) is 13.8 Å². The van der Waals surface area contributed by atoms with Crippen LogP contribution in [0.2, 0.25) is 0 Å². The zero-order valence-electron chi connectivity index (χ0n) is 14.8. The molecule has 0 heterocycles. The number of nitrogens with one attached hydrogen (secondary N) is 2. The second kappa shape index (κ2) is 10.4. The number of rotatable bonds is 9. The number of esters is 1. The molecular weight excluding hydrogens is 327 g/mol. The number of amides is 2. The topological polar surface area (TPSA) is 84.5 Å². The van der Waals surface area contributed by atoms with Crippen LogP contribution in [0.15, 0.2) is 24.3 Å². The highest BCUT2D eigenvalue weighted by Gasteiger charge is 2.22. The minimum absolute atomic E-state index is 0.00258. The van der Waals surface area contributed by atoms with E-state index in [-0.39, 0.29) is 42.9 Å². The summed E-state index contributed by atoms with van der Waals surface area (Å²) >= 11 is 0. The summed E-state index contributed by atoms with van der Waals surface area (Å²) in [7, 11) is 1.27. The predicted octanol–water partition coefficient (Wildman–Crippen LogP) is 1.93. The second-order valence-corrected chi connectivity index (χ2v) is 6.18. The Bertz CT molecular complexity index is 587. The summed E-state index contributed by atoms with van der Waals surface area (Å²) in [6, 6.07) is 5.08. The first-order valence-corrected chi connectivity index (χ1v) is 8.20. The molecule has 0 aliphatic rings. The van der Waals surface area contributed by atoms with Gasteiger partial charge in [-0.1, -0.05) is 26.0 Å². The van der Waals surface area contributed by atoms with Gasteiger partial charge in [-0.2, -0.15) is 0 Å². The van der Waals surface area contributed by atoms with Gasteiger partial charge in [0.15, 0.2) is 0 Å². The Kier molecular flexibility index (Phi) is 8.60. The smallest absolute Gasteiger partial charge is 0.328 e. The molecule has 1 rings (SSSR count). The molecule has 0 aliphatic heterocycles. The van der Waals surface area contributed by atoms with Gasteiger partial charge in [0.1, 0.15) is 11.9 Å². The summed E-state index contributed by atoms with van der Waals surface area (Å²) in [5.74, 6) is -1.30. The van der Waals surface area contributed by atoms with E-state index in [0.717, 1.165) is 5.56 Å². The Morgan fingerprint density at radius 1 is 1.08 bits per heavy atom. The fourth-order valence-electron chi connectivity index (χ4n) is 2.21. The fourth-order valence-corrected chi connectivity index (χ4v) is 2.21. The molecule has 6 nitrogen and oxygen atoms in total. The van der Waals surface area contributed by atoms with Crippen LogP contribution >= 0.6 is 0 Å². The molecule has 25 heavy (non-hydrogen) atoms. The van der Waals surface area contributed by atoms with Crippen LogP contribution in [-0.2, 0) is 25.7 Å². The summed E-state index contributed by atoms with van der Waals surface area (Å²) < 4.78 is 17.5. The van der Waals surface area contributed by atoms with Crippen molar-refractivity contribution in [1.82, 2.24) is 10.6 Å². The van der Waals surface area contributed by atoms with Gasteiger partial charge in [0.25, 0.3) is 0 Å². The van der Waals surface area contributed by atoms with Crippen LogP contribution in [-0.4, -0.2) is 30.9 Å². The van der Waals surface area contributed by atoms with Gasteiger partial charge in [0.05, 0.1) is 7.11 Å². The van der Waals surface area contributed by atoms with Gasteiger partial charge in [-0.3, -0.25) is 9.59 Å². The minimum atomic E-state index is -0.709. The van der Waals surface area contributed by atoms with Crippen LogP contribution in [0, 0.1) is 11.7 Å². The van der Waals surface area contributed by atoms with E-state index in [2.05, 4.69) is 15.4 Å². The summed E-state index contributed by atoms with van der Waals surface area (Å²) in [4.78, 5) is 35.4. The molecule has 7 heteroatoms. The van der Waals surface area contributed by atoms with Crippen LogP contribution in [0.5, 0.6) is 0 Å². The number of benzene rings is 1. The van der Waals surface area contributed by atoms with Gasteiger partial charge in [0.2, 0.25) is 11.8 Å². The number of ether oxygens (including phenoxy) is 1. The number of hydrogen-bond acceptors (Lipinski definition) is 4. The Morgan fingerprint density at radius 3 is 2.24 bits per heavy atom. The first kappa shape index (κ1) is 20.6. The Hall–Kier alpha value is -2.44. The standard InChI is InChI=1S/C18H25FN2O4/c1-12(2)10-15(18(24)25-3)21-17(23)9-8-16(22)20-11-13-4-6-14(19)7-5-13/h4-7,12,15H,8-11H2,1-3H3,(H,20,22)(H,21,23). The third kappa shape index (κ3) is 8.28. The number of carbonyl (C=O) groups is 3. The molecule has 0 saturated carbocycles. The van der Waals surface area contributed by atoms with E-state index in [4.69, 9.17) is 0 Å². The quantitative estimate of drug-likeness (QED) is 0.665. The third-order valence-corrected chi connectivity index (χ3v) is 3.51. The maximum absolute atomic E-state index is 12.8. The van der Waals surface area contributed by atoms with Crippen molar-refractivity contribution in [3.8, 4) is 0 Å². The zero-order valence-corrected chi connectivity index (χ0v) is 14.8. The number of carbonyl (C=O) groups excluding carboxylic acids is 3. The highest BCUT2D eigenvalue weighted by Crippen LogP contribution is 2.07. The summed E-state index contributed by atoms with van der Waals surface area (Å²) in [5, 5.41) is 5.26. The first-order chi connectivity index (χ1) is 11.8. The predicted molar refractivity (Wildman–Crippen MR) is 90.9 cm³/mol. The minimum Gasteiger partial charge on any atom is -0.467 e. The van der Waals surface area contributed by atoms with Crippen LogP contribution in [0.3, 0.4) is 0 Å². The van der Waals surface area contributed by atoms with Crippen molar-refractivity contribution in [3.05, 3.63) is 35.6 Å². The number of methoxy groups -OCH3 is 1. The Balaban J connectivity index is 2.37. The van der Waals surface area contributed by atoms with Crippen LogP contribution in [0.4, 0.5) is 4.39 Å². The average molecular weight is 352 g/mol. The van der Waals surface area contributed by atoms with Gasteiger partial charge in [0, 0.05) is 19.4 Å². The molecule has 0 bridgehead atoms. The highest BCUT2D eigenvalue weighted by molar-refractivity contribution is 5.87. The number of halogens is 1. The zero-order chi connectivity index (χ0) is 18.8. The van der Waals surface area contributed by atoms with Crippen LogP contribution < -0.4 is 10.6 Å². The van der Waals surface area contributed by atoms with E-state index in [1.54, 1.807) is 12.1 Å². The SMILES string of the molecule is COC(=O)C(CC(C)C)NC(=O)CCC(=O)NCc1ccc(F)cc1. The molecule has 2 N–H and O–H groups in total. The molecule has 0 aromatic heterocycles. The van der Waals surface area contributed by atoms with E-state index in [1.165, 1.54) is 19.2 Å². The molecule has 1 unspecified atom stereocenters. The van der Waals surface area contributed by atoms with Crippen molar-refractivity contribution in [3.63, 3.8) is 0 Å². The second-order valence-electron chi connectivity index (χ2n) is 6.18. The maximum atomic E-state index is 12.8. The van der Waals surface area contributed by atoms with E-state index in [0.29, 0.717) is 6.42 Å². The van der Waals surface area contributed by atoms with Crippen molar-refractivity contribution >= 4 is 17.8 Å². The average Bonchev–Trinajstić information content (AvgIpc) is 2.57. The largest absolute Gasteiger partial charge is 0.467 e. The van der Waals surface area contributed by atoms with Gasteiger partial charge in [-0.15, -0.1) is 0 Å². The lowest BCUT2D eigenvalue weighted by Gasteiger charge is -2.18. The maximum Gasteiger partial charge on any atom is 0.328 e. The van der Waals surface area contributed by atoms with Gasteiger partial charge in [-0.25, -0.2) is 9.18 Å². The molecule has 0 saturated heterocycles. The van der Waals surface area contributed by atoms with Gasteiger partial charge < -0.3 is 15.4 Å². The first-order valence-electron chi connectivity index (χ1n) is 8.20. The number of hydrogen-bond donors (Lipinski definition) is 2. The molecule has 1 aromatic carbocycles. The monoisotopic (exact) mass is 352 g/mol. The third-order valence-electron chi connectivity index (χ3n) is 3.51. The molecule has 0 aliphatic carbocycles. The fraction of sp³-hybridized carbons (Fsp3) is 0.500. The lowest BCUT2D eigenvalue weighted by Crippen LogP contribution is -2.42. The molecule has 0 spiro atoms. The van der Waals surface area contributed by atoms with E-state index in [9.17, 15) is 18.8 Å². The summed E-state index contributed by atoms with van der Waals surface area (Å²) in [5.41, 5.74) is 0.766. The van der Waals surface area contributed by atoms with Crippen molar-refractivity contribution in [2.24, 2.45) is 5.92 Å². The molecule has 0 radical (unpaired) electrons.